The van der Waals surface area contributed by atoms with Crippen LogP contribution in [0, 0.1) is 6.92 Å². The zero-order valence-electron chi connectivity index (χ0n) is 15.5. The van der Waals surface area contributed by atoms with E-state index in [2.05, 4.69) is 23.8 Å². The number of hydrogen-bond donors (Lipinski definition) is 0. The highest BCUT2D eigenvalue weighted by molar-refractivity contribution is 5.98. The summed E-state index contributed by atoms with van der Waals surface area (Å²) in [4.78, 5) is 24.6. The molecule has 2 aromatic carbocycles. The maximum absolute atomic E-state index is 12.0. The molecule has 0 atom stereocenters. The molecular formula is C21H27NO3. The molecule has 0 radical (unpaired) electrons. The van der Waals surface area contributed by atoms with Crippen LogP contribution in [0.5, 0.6) is 0 Å². The summed E-state index contributed by atoms with van der Waals surface area (Å²) in [5, 5.41) is 0. The highest BCUT2D eigenvalue weighted by Crippen LogP contribution is 2.18. The number of benzene rings is 2. The van der Waals surface area contributed by atoms with Crippen LogP contribution < -0.4 is 0 Å². The van der Waals surface area contributed by atoms with E-state index in [-0.39, 0.29) is 18.4 Å². The van der Waals surface area contributed by atoms with Crippen molar-refractivity contribution in [2.45, 2.75) is 27.2 Å². The first kappa shape index (κ1) is 20.4. The van der Waals surface area contributed by atoms with Crippen molar-refractivity contribution in [3.8, 4) is 0 Å². The van der Waals surface area contributed by atoms with Crippen LogP contribution in [0.1, 0.15) is 35.3 Å². The first-order chi connectivity index (χ1) is 12.1. The Morgan fingerprint density at radius 3 is 2.20 bits per heavy atom. The van der Waals surface area contributed by atoms with Crippen molar-refractivity contribution >= 4 is 11.9 Å². The van der Waals surface area contributed by atoms with Crippen molar-refractivity contribution in [1.82, 2.24) is 4.90 Å². The van der Waals surface area contributed by atoms with Gasteiger partial charge >= 0.3 is 5.97 Å². The van der Waals surface area contributed by atoms with Crippen LogP contribution in [0.2, 0.25) is 0 Å². The Morgan fingerprint density at radius 2 is 1.64 bits per heavy atom. The van der Waals surface area contributed by atoms with Gasteiger partial charge in [0.15, 0.2) is 0 Å². The summed E-state index contributed by atoms with van der Waals surface area (Å²) in [6.07, 6.45) is 0.791. The fourth-order valence-electron chi connectivity index (χ4n) is 2.38. The fraction of sp³-hybridized carbons (Fsp3) is 0.333. The third-order valence-electron chi connectivity index (χ3n) is 3.67. The lowest BCUT2D eigenvalue weighted by Crippen LogP contribution is -2.41. The van der Waals surface area contributed by atoms with Crippen molar-refractivity contribution < 1.29 is 14.3 Å². The molecule has 0 bridgehead atoms. The average Bonchev–Trinajstić information content (AvgIpc) is 2.67. The van der Waals surface area contributed by atoms with Crippen molar-refractivity contribution in [2.75, 3.05) is 20.2 Å². The molecule has 1 aliphatic heterocycles. The number of carbonyl (C=O) groups is 2. The molecule has 134 valence electrons. The normalized spacial score (nSPS) is 12.0. The lowest BCUT2D eigenvalue weighted by Gasteiger charge is -2.27. The van der Waals surface area contributed by atoms with Gasteiger partial charge in [-0.15, -0.1) is 0 Å². The van der Waals surface area contributed by atoms with Crippen LogP contribution in [0.25, 0.3) is 0 Å². The number of amides is 1. The van der Waals surface area contributed by atoms with E-state index >= 15 is 0 Å². The maximum Gasteiger partial charge on any atom is 0.325 e. The molecule has 2 aromatic rings. The van der Waals surface area contributed by atoms with Crippen molar-refractivity contribution in [1.29, 1.82) is 0 Å². The van der Waals surface area contributed by atoms with Crippen LogP contribution in [0.15, 0.2) is 54.6 Å². The van der Waals surface area contributed by atoms with Gasteiger partial charge in [0.25, 0.3) is 5.91 Å². The van der Waals surface area contributed by atoms with Crippen molar-refractivity contribution in [2.24, 2.45) is 0 Å². The zero-order valence-corrected chi connectivity index (χ0v) is 15.5. The monoisotopic (exact) mass is 341 g/mol. The third kappa shape index (κ3) is 6.42. The molecule has 3 rings (SSSR count). The second kappa shape index (κ2) is 11.0. The molecule has 25 heavy (non-hydrogen) atoms. The van der Waals surface area contributed by atoms with Crippen molar-refractivity contribution in [3.63, 3.8) is 0 Å². The molecule has 1 amide bonds. The zero-order chi connectivity index (χ0) is 18.7. The molecule has 0 fully saturated rings. The minimum absolute atomic E-state index is 0.0314. The van der Waals surface area contributed by atoms with E-state index < -0.39 is 0 Å². The SMILES string of the molecule is CC.COC(=O)CN1CCc2ccccc2C1=O.Cc1ccccc1. The molecule has 0 aliphatic carbocycles. The number of fused-ring (bicyclic) bond motifs is 1. The molecule has 0 saturated carbocycles. The minimum Gasteiger partial charge on any atom is -0.468 e. The minimum atomic E-state index is -0.382. The molecule has 0 unspecified atom stereocenters. The van der Waals surface area contributed by atoms with Crippen LogP contribution in [0.4, 0.5) is 0 Å². The number of methoxy groups -OCH3 is 1. The van der Waals surface area contributed by atoms with E-state index in [4.69, 9.17) is 0 Å². The highest BCUT2D eigenvalue weighted by Gasteiger charge is 2.25. The summed E-state index contributed by atoms with van der Waals surface area (Å²) in [6, 6.07) is 17.8. The predicted molar refractivity (Wildman–Crippen MR) is 101 cm³/mol. The van der Waals surface area contributed by atoms with Gasteiger partial charge in [-0.3, -0.25) is 9.59 Å². The summed E-state index contributed by atoms with van der Waals surface area (Å²) in [5.41, 5.74) is 3.06. The summed E-state index contributed by atoms with van der Waals surface area (Å²) in [5.74, 6) is -0.472. The lowest BCUT2D eigenvalue weighted by molar-refractivity contribution is -0.141. The molecule has 1 aliphatic rings. The first-order valence-electron chi connectivity index (χ1n) is 8.57. The Hall–Kier alpha value is -2.62. The number of hydrogen-bond acceptors (Lipinski definition) is 3. The van der Waals surface area contributed by atoms with Gasteiger partial charge in [0, 0.05) is 12.1 Å². The van der Waals surface area contributed by atoms with Gasteiger partial charge < -0.3 is 9.64 Å². The highest BCUT2D eigenvalue weighted by atomic mass is 16.5. The fourth-order valence-corrected chi connectivity index (χ4v) is 2.38. The molecule has 0 N–H and O–H groups in total. The maximum atomic E-state index is 12.0. The smallest absolute Gasteiger partial charge is 0.325 e. The van der Waals surface area contributed by atoms with Crippen LogP contribution in [-0.2, 0) is 16.0 Å². The molecule has 0 spiro atoms. The number of rotatable bonds is 2. The largest absolute Gasteiger partial charge is 0.468 e. The molecule has 0 saturated heterocycles. The van der Waals surface area contributed by atoms with E-state index in [1.54, 1.807) is 6.07 Å². The van der Waals surface area contributed by atoms with E-state index in [9.17, 15) is 9.59 Å². The number of ether oxygens (including phenoxy) is 1. The second-order valence-corrected chi connectivity index (χ2v) is 5.36. The van der Waals surface area contributed by atoms with Gasteiger partial charge in [0.05, 0.1) is 7.11 Å². The van der Waals surface area contributed by atoms with E-state index in [0.29, 0.717) is 12.1 Å². The molecule has 1 heterocycles. The summed E-state index contributed by atoms with van der Waals surface area (Å²) in [6.45, 7) is 6.69. The Kier molecular flexibility index (Phi) is 9.01. The number of carbonyl (C=O) groups excluding carboxylic acids is 2. The van der Waals surface area contributed by atoms with Gasteiger partial charge in [-0.25, -0.2) is 0 Å². The molecular weight excluding hydrogens is 314 g/mol. The lowest BCUT2D eigenvalue weighted by atomic mass is 9.99. The topological polar surface area (TPSA) is 46.6 Å². The van der Waals surface area contributed by atoms with Crippen molar-refractivity contribution in [3.05, 3.63) is 71.3 Å². The predicted octanol–water partition coefficient (Wildman–Crippen LogP) is 3.88. The second-order valence-electron chi connectivity index (χ2n) is 5.36. The third-order valence-corrected chi connectivity index (χ3v) is 3.67. The summed E-state index contributed by atoms with van der Waals surface area (Å²) >= 11 is 0. The Labute approximate surface area is 150 Å². The van der Waals surface area contributed by atoms with Gasteiger partial charge in [-0.05, 0) is 25.0 Å². The first-order valence-corrected chi connectivity index (χ1v) is 8.57. The standard InChI is InChI=1S/C12H13NO3.C7H8.C2H6/c1-16-11(14)8-13-7-6-9-4-2-3-5-10(9)12(13)15;1-7-5-3-2-4-6-7;1-2/h2-5H,6-8H2,1H3;2-6H,1H3;1-2H3. The van der Waals surface area contributed by atoms with Gasteiger partial charge in [0.2, 0.25) is 0 Å². The quantitative estimate of drug-likeness (QED) is 0.779. The molecule has 0 aromatic heterocycles. The summed E-state index contributed by atoms with van der Waals surface area (Å²) in [7, 11) is 1.32. The van der Waals surface area contributed by atoms with E-state index in [1.165, 1.54) is 17.6 Å². The van der Waals surface area contributed by atoms with E-state index in [0.717, 1.165) is 12.0 Å². The average molecular weight is 341 g/mol. The van der Waals surface area contributed by atoms with Crippen LogP contribution >= 0.6 is 0 Å². The number of esters is 1. The number of aryl methyl sites for hydroxylation is 1. The van der Waals surface area contributed by atoms with Crippen LogP contribution in [0.3, 0.4) is 0 Å². The molecule has 4 heteroatoms. The van der Waals surface area contributed by atoms with E-state index in [1.807, 2.05) is 50.2 Å². The van der Waals surface area contributed by atoms with Gasteiger partial charge in [0.1, 0.15) is 6.54 Å². The Morgan fingerprint density at radius 1 is 1.04 bits per heavy atom. The summed E-state index contributed by atoms with van der Waals surface area (Å²) < 4.78 is 4.56. The van der Waals surface area contributed by atoms with Crippen LogP contribution in [-0.4, -0.2) is 37.0 Å². The van der Waals surface area contributed by atoms with Gasteiger partial charge in [-0.2, -0.15) is 0 Å². The van der Waals surface area contributed by atoms with Gasteiger partial charge in [-0.1, -0.05) is 67.9 Å². The Bertz CT molecular complexity index is 668. The number of nitrogens with zero attached hydrogens (tertiary/aromatic N) is 1. The molecule has 4 nitrogen and oxygen atoms in total. The Balaban J connectivity index is 0.000000290.